The number of allylic oxidation sites excluding steroid dienone is 1. The zero-order valence-electron chi connectivity index (χ0n) is 27.0. The zero-order chi connectivity index (χ0) is 33.2. The van der Waals surface area contributed by atoms with Gasteiger partial charge in [0.05, 0.1) is 11.4 Å². The average Bonchev–Trinajstić information content (AvgIpc) is 3.18. The number of hydrogen-bond acceptors (Lipinski definition) is 5. The van der Waals surface area contributed by atoms with E-state index in [-0.39, 0.29) is 0 Å². The predicted molar refractivity (Wildman–Crippen MR) is 200 cm³/mol. The van der Waals surface area contributed by atoms with Crippen LogP contribution in [-0.2, 0) is 0 Å². The van der Waals surface area contributed by atoms with E-state index >= 15 is 0 Å². The molecule has 0 spiro atoms. The molecule has 0 aliphatic rings. The van der Waals surface area contributed by atoms with Gasteiger partial charge in [0.2, 0.25) is 0 Å². The quantitative estimate of drug-likeness (QED) is 0.175. The van der Waals surface area contributed by atoms with E-state index in [0.717, 1.165) is 66.7 Å². The Balaban J connectivity index is 1.29. The number of aromatic nitrogens is 5. The molecule has 0 aliphatic heterocycles. The van der Waals surface area contributed by atoms with Crippen molar-refractivity contribution in [1.82, 2.24) is 24.9 Å². The largest absolute Gasteiger partial charge is 0.228 e. The summed E-state index contributed by atoms with van der Waals surface area (Å²) >= 11 is 0. The van der Waals surface area contributed by atoms with Crippen molar-refractivity contribution in [3.05, 3.63) is 170 Å². The maximum atomic E-state index is 5.12. The first kappa shape index (κ1) is 29.8. The van der Waals surface area contributed by atoms with E-state index in [9.17, 15) is 0 Å². The van der Waals surface area contributed by atoms with Gasteiger partial charge in [0, 0.05) is 27.8 Å². The molecule has 0 saturated heterocycles. The molecule has 6 aromatic carbocycles. The van der Waals surface area contributed by atoms with E-state index in [0.29, 0.717) is 23.3 Å². The Morgan fingerprint density at radius 2 is 0.898 bits per heavy atom. The second kappa shape index (κ2) is 12.9. The van der Waals surface area contributed by atoms with E-state index < -0.39 is 0 Å². The third kappa shape index (κ3) is 6.01. The van der Waals surface area contributed by atoms with Crippen molar-refractivity contribution >= 4 is 16.3 Å². The van der Waals surface area contributed by atoms with E-state index in [1.165, 1.54) is 0 Å². The van der Waals surface area contributed by atoms with E-state index in [2.05, 4.69) is 79.4 Å². The van der Waals surface area contributed by atoms with Gasteiger partial charge in [-0.2, -0.15) is 0 Å². The smallest absolute Gasteiger partial charge is 0.165 e. The van der Waals surface area contributed by atoms with Crippen LogP contribution in [0.1, 0.15) is 12.7 Å². The molecular formula is C44H31N5. The average molecular weight is 630 g/mol. The Morgan fingerprint density at radius 3 is 1.47 bits per heavy atom. The van der Waals surface area contributed by atoms with E-state index in [4.69, 9.17) is 24.9 Å². The molecule has 0 aliphatic carbocycles. The third-order valence-electron chi connectivity index (χ3n) is 8.52. The fourth-order valence-corrected chi connectivity index (χ4v) is 6.04. The van der Waals surface area contributed by atoms with Crippen molar-refractivity contribution < 1.29 is 0 Å². The molecule has 0 N–H and O–H groups in total. The number of fused-ring (bicyclic) bond motifs is 1. The Morgan fingerprint density at radius 1 is 0.429 bits per heavy atom. The standard InChI is InChI=1S/C44H31N5/c1-29(2)41-45-38(32-15-6-3-7-16-32)28-39(46-41)33-24-22-31(23-25-33)37-27-26-30-14-12-13-21-36(30)40(37)44-48-42(34-17-8-4-9-18-34)47-43(49-44)35-19-10-5-11-20-35/h3-28H,1H2,2H3. The van der Waals surface area contributed by atoms with Crippen LogP contribution < -0.4 is 0 Å². The van der Waals surface area contributed by atoms with Gasteiger partial charge in [0.1, 0.15) is 0 Å². The highest BCUT2D eigenvalue weighted by Crippen LogP contribution is 2.39. The van der Waals surface area contributed by atoms with Gasteiger partial charge in [0.15, 0.2) is 23.3 Å². The second-order valence-electron chi connectivity index (χ2n) is 11.9. The summed E-state index contributed by atoms with van der Waals surface area (Å²) in [4.78, 5) is 24.8. The summed E-state index contributed by atoms with van der Waals surface area (Å²) in [6.07, 6.45) is 0. The van der Waals surface area contributed by atoms with Gasteiger partial charge in [-0.25, -0.2) is 24.9 Å². The normalized spacial score (nSPS) is 11.0. The van der Waals surface area contributed by atoms with Gasteiger partial charge < -0.3 is 0 Å². The van der Waals surface area contributed by atoms with Crippen LogP contribution in [0.4, 0.5) is 0 Å². The van der Waals surface area contributed by atoms with Gasteiger partial charge in [-0.3, -0.25) is 0 Å². The highest BCUT2D eigenvalue weighted by Gasteiger charge is 2.19. The molecule has 0 bridgehead atoms. The number of benzene rings is 6. The number of rotatable bonds is 7. The Hall–Kier alpha value is -6.59. The third-order valence-corrected chi connectivity index (χ3v) is 8.52. The Kier molecular flexibility index (Phi) is 7.84. The minimum Gasteiger partial charge on any atom is -0.228 e. The SMILES string of the molecule is C=C(C)c1nc(-c2ccccc2)cc(-c2ccc(-c3ccc4ccccc4c3-c3nc(-c4ccccc4)nc(-c4ccccc4)n3)cc2)n1. The summed E-state index contributed by atoms with van der Waals surface area (Å²) in [5, 5.41) is 2.19. The number of hydrogen-bond donors (Lipinski definition) is 0. The minimum atomic E-state index is 0.623. The molecule has 0 amide bonds. The van der Waals surface area contributed by atoms with E-state index in [1.807, 2.05) is 91.9 Å². The first-order valence-corrected chi connectivity index (χ1v) is 16.2. The summed E-state index contributed by atoms with van der Waals surface area (Å²) < 4.78 is 0. The van der Waals surface area contributed by atoms with E-state index in [1.54, 1.807) is 0 Å². The van der Waals surface area contributed by atoms with Crippen LogP contribution in [0.3, 0.4) is 0 Å². The molecule has 0 unspecified atom stereocenters. The predicted octanol–water partition coefficient (Wildman–Crippen LogP) is 10.8. The van der Waals surface area contributed by atoms with Gasteiger partial charge >= 0.3 is 0 Å². The van der Waals surface area contributed by atoms with Crippen LogP contribution in [-0.4, -0.2) is 24.9 Å². The Bertz CT molecular complexity index is 2380. The van der Waals surface area contributed by atoms with Crippen LogP contribution in [0, 0.1) is 0 Å². The highest BCUT2D eigenvalue weighted by atomic mass is 15.0. The molecule has 2 heterocycles. The molecule has 0 fully saturated rings. The highest BCUT2D eigenvalue weighted by molar-refractivity contribution is 6.03. The van der Waals surface area contributed by atoms with Gasteiger partial charge in [-0.1, -0.05) is 158 Å². The van der Waals surface area contributed by atoms with Gasteiger partial charge in [-0.05, 0) is 40.5 Å². The van der Waals surface area contributed by atoms with Crippen LogP contribution in [0.5, 0.6) is 0 Å². The van der Waals surface area contributed by atoms with Gasteiger partial charge in [-0.15, -0.1) is 0 Å². The molecule has 5 heteroatoms. The van der Waals surface area contributed by atoms with Crippen molar-refractivity contribution in [3.8, 4) is 67.8 Å². The summed E-state index contributed by atoms with van der Waals surface area (Å²) in [5.74, 6) is 2.52. The van der Waals surface area contributed by atoms with Crippen molar-refractivity contribution in [2.24, 2.45) is 0 Å². The molecule has 0 saturated carbocycles. The molecule has 8 rings (SSSR count). The summed E-state index contributed by atoms with van der Waals surface area (Å²) in [7, 11) is 0. The topological polar surface area (TPSA) is 64.5 Å². The molecule has 0 atom stereocenters. The van der Waals surface area contributed by atoms with Crippen LogP contribution in [0.2, 0.25) is 0 Å². The van der Waals surface area contributed by atoms with Crippen molar-refractivity contribution in [3.63, 3.8) is 0 Å². The zero-order valence-corrected chi connectivity index (χ0v) is 27.0. The molecule has 49 heavy (non-hydrogen) atoms. The summed E-state index contributed by atoms with van der Waals surface area (Å²) in [6.45, 7) is 6.06. The molecule has 0 radical (unpaired) electrons. The first-order valence-electron chi connectivity index (χ1n) is 16.2. The molecular weight excluding hydrogens is 599 g/mol. The maximum Gasteiger partial charge on any atom is 0.165 e. The second-order valence-corrected chi connectivity index (χ2v) is 11.9. The lowest BCUT2D eigenvalue weighted by Crippen LogP contribution is -2.01. The first-order chi connectivity index (χ1) is 24.1. The fourth-order valence-electron chi connectivity index (χ4n) is 6.04. The molecule has 8 aromatic rings. The molecule has 232 valence electrons. The number of nitrogens with zero attached hydrogens (tertiary/aromatic N) is 5. The summed E-state index contributed by atoms with van der Waals surface area (Å²) in [5.41, 5.74) is 9.46. The minimum absolute atomic E-state index is 0.623. The lowest BCUT2D eigenvalue weighted by molar-refractivity contribution is 1.08. The molecule has 2 aromatic heterocycles. The maximum absolute atomic E-state index is 5.12. The molecule has 5 nitrogen and oxygen atoms in total. The van der Waals surface area contributed by atoms with Crippen molar-refractivity contribution in [2.75, 3.05) is 0 Å². The van der Waals surface area contributed by atoms with Crippen molar-refractivity contribution in [1.29, 1.82) is 0 Å². The van der Waals surface area contributed by atoms with Crippen LogP contribution in [0.15, 0.2) is 164 Å². The lowest BCUT2D eigenvalue weighted by atomic mass is 9.92. The fraction of sp³-hybridized carbons (Fsp3) is 0.0227. The monoisotopic (exact) mass is 629 g/mol. The van der Waals surface area contributed by atoms with Crippen molar-refractivity contribution in [2.45, 2.75) is 6.92 Å². The van der Waals surface area contributed by atoms with Crippen LogP contribution >= 0.6 is 0 Å². The Labute approximate surface area is 285 Å². The lowest BCUT2D eigenvalue weighted by Gasteiger charge is -2.15. The van der Waals surface area contributed by atoms with Gasteiger partial charge in [0.25, 0.3) is 0 Å². The summed E-state index contributed by atoms with van der Waals surface area (Å²) in [6, 6.07) is 53.6. The van der Waals surface area contributed by atoms with Crippen LogP contribution in [0.25, 0.3) is 84.2 Å².